The van der Waals surface area contributed by atoms with Crippen molar-refractivity contribution in [2.75, 3.05) is 11.9 Å². The van der Waals surface area contributed by atoms with Crippen molar-refractivity contribution < 1.29 is 9.18 Å². The number of hydrogen-bond acceptors (Lipinski definition) is 5. The Labute approximate surface area is 196 Å². The molecule has 2 aromatic heterocycles. The standard InChI is InChI=1S/C25H22FN5OS/c1-3-16-10-17(5-6-19(16)25(32)33)22-12-23(30-14-29-22)28-8-9-31-18(13-27)11-20-15(2)4-7-21(26)24(20)31/h4-7,10-12,14H,3,8-9H2,1-2H3,(H,32,33)(H,28,29,30). The van der Waals surface area contributed by atoms with Crippen LogP contribution < -0.4 is 5.32 Å². The Kier molecular flexibility index (Phi) is 6.43. The number of aryl methyl sites for hydroxylation is 2. The summed E-state index contributed by atoms with van der Waals surface area (Å²) in [5, 5.41) is 13.2. The zero-order chi connectivity index (χ0) is 23.5. The fraction of sp³-hybridized carbons (Fsp3) is 0.200. The molecule has 2 heterocycles. The number of halogens is 1. The van der Waals surface area contributed by atoms with Crippen LogP contribution in [-0.4, -0.2) is 26.2 Å². The van der Waals surface area contributed by atoms with Crippen molar-refractivity contribution in [2.45, 2.75) is 26.8 Å². The van der Waals surface area contributed by atoms with Crippen molar-refractivity contribution in [1.82, 2.24) is 14.5 Å². The number of hydrogen-bond donors (Lipinski definition) is 2. The number of nitrogens with one attached hydrogen (secondary N) is 1. The largest absolute Gasteiger partial charge is 0.368 e. The highest BCUT2D eigenvalue weighted by molar-refractivity contribution is 7.97. The normalized spacial score (nSPS) is 10.9. The minimum absolute atomic E-state index is 0.260. The van der Waals surface area contributed by atoms with Crippen LogP contribution in [0.25, 0.3) is 22.2 Å². The van der Waals surface area contributed by atoms with Crippen molar-refractivity contribution in [2.24, 2.45) is 0 Å². The molecule has 166 valence electrons. The van der Waals surface area contributed by atoms with Gasteiger partial charge in [-0.25, -0.2) is 14.4 Å². The van der Waals surface area contributed by atoms with E-state index in [1.807, 2.05) is 32.0 Å². The van der Waals surface area contributed by atoms with E-state index in [0.29, 0.717) is 47.8 Å². The Hall–Kier alpha value is -3.70. The van der Waals surface area contributed by atoms with Crippen molar-refractivity contribution in [3.8, 4) is 17.3 Å². The third-order valence-electron chi connectivity index (χ3n) is 5.66. The van der Waals surface area contributed by atoms with Gasteiger partial charge in [-0.3, -0.25) is 4.79 Å². The number of carbonyl (C=O) groups excluding carboxylic acids is 1. The van der Waals surface area contributed by atoms with Gasteiger partial charge in [0.15, 0.2) is 0 Å². The van der Waals surface area contributed by atoms with Gasteiger partial charge in [-0.05, 0) is 48.7 Å². The van der Waals surface area contributed by atoms with Gasteiger partial charge in [0, 0.05) is 35.7 Å². The lowest BCUT2D eigenvalue weighted by molar-refractivity contribution is 0.109. The van der Waals surface area contributed by atoms with Crippen LogP contribution in [0.5, 0.6) is 0 Å². The molecule has 0 spiro atoms. The van der Waals surface area contributed by atoms with Gasteiger partial charge >= 0.3 is 0 Å². The second-order valence-corrected chi connectivity index (χ2v) is 8.07. The average molecular weight is 460 g/mol. The van der Waals surface area contributed by atoms with Crippen LogP contribution in [0.2, 0.25) is 0 Å². The molecule has 8 heteroatoms. The van der Waals surface area contributed by atoms with Gasteiger partial charge in [0.05, 0.1) is 11.2 Å². The summed E-state index contributed by atoms with van der Waals surface area (Å²) < 4.78 is 16.2. The maximum Gasteiger partial charge on any atom is 0.216 e. The number of thiol groups is 1. The summed E-state index contributed by atoms with van der Waals surface area (Å²) in [5.41, 5.74) is 4.85. The molecule has 2 aromatic carbocycles. The topological polar surface area (TPSA) is 83.6 Å². The Morgan fingerprint density at radius 1 is 1.21 bits per heavy atom. The molecule has 33 heavy (non-hydrogen) atoms. The maximum atomic E-state index is 14.5. The second kappa shape index (κ2) is 9.43. The zero-order valence-electron chi connectivity index (χ0n) is 18.3. The van der Waals surface area contributed by atoms with Crippen LogP contribution in [0, 0.1) is 24.1 Å². The maximum absolute atomic E-state index is 14.5. The van der Waals surface area contributed by atoms with Crippen molar-refractivity contribution in [1.29, 1.82) is 5.26 Å². The highest BCUT2D eigenvalue weighted by atomic mass is 32.1. The van der Waals surface area contributed by atoms with E-state index in [2.05, 4.69) is 34.0 Å². The van der Waals surface area contributed by atoms with Crippen molar-refractivity contribution in [3.05, 3.63) is 77.0 Å². The van der Waals surface area contributed by atoms with E-state index in [0.717, 1.165) is 22.1 Å². The summed E-state index contributed by atoms with van der Waals surface area (Å²) in [4.78, 5) is 20.3. The van der Waals surface area contributed by atoms with Crippen LogP contribution >= 0.6 is 12.6 Å². The molecule has 1 N–H and O–H groups in total. The van der Waals surface area contributed by atoms with E-state index < -0.39 is 0 Å². The molecule has 4 aromatic rings. The number of rotatable bonds is 7. The van der Waals surface area contributed by atoms with Crippen molar-refractivity contribution in [3.63, 3.8) is 0 Å². The van der Waals surface area contributed by atoms with E-state index in [9.17, 15) is 14.4 Å². The fourth-order valence-electron chi connectivity index (χ4n) is 3.96. The number of nitrogens with zero attached hydrogens (tertiary/aromatic N) is 4. The number of nitriles is 1. The first-order chi connectivity index (χ1) is 15.9. The van der Waals surface area contributed by atoms with Gasteiger partial charge in [0.1, 0.15) is 29.7 Å². The molecule has 0 aliphatic carbocycles. The van der Waals surface area contributed by atoms with Crippen LogP contribution in [0.4, 0.5) is 10.2 Å². The summed E-state index contributed by atoms with van der Waals surface area (Å²) in [7, 11) is 0. The van der Waals surface area contributed by atoms with Gasteiger partial charge in [0.2, 0.25) is 5.12 Å². The van der Waals surface area contributed by atoms with Gasteiger partial charge in [-0.15, -0.1) is 12.6 Å². The Morgan fingerprint density at radius 2 is 2.03 bits per heavy atom. The molecular weight excluding hydrogens is 437 g/mol. The molecule has 0 radical (unpaired) electrons. The monoisotopic (exact) mass is 459 g/mol. The van der Waals surface area contributed by atoms with Crippen LogP contribution in [0.15, 0.2) is 48.8 Å². The van der Waals surface area contributed by atoms with Gasteiger partial charge in [0.25, 0.3) is 0 Å². The molecule has 4 rings (SSSR count). The Bertz CT molecular complexity index is 1410. The van der Waals surface area contributed by atoms with Gasteiger partial charge in [-0.1, -0.05) is 19.1 Å². The third kappa shape index (κ3) is 4.45. The summed E-state index contributed by atoms with van der Waals surface area (Å²) in [5.74, 6) is 0.260. The molecule has 0 atom stereocenters. The van der Waals surface area contributed by atoms with Crippen molar-refractivity contribution >= 4 is 34.5 Å². The lowest BCUT2D eigenvalue weighted by atomic mass is 10.0. The fourth-order valence-corrected chi connectivity index (χ4v) is 4.18. The minimum Gasteiger partial charge on any atom is -0.368 e. The molecule has 0 saturated carbocycles. The molecule has 0 bridgehead atoms. The lowest BCUT2D eigenvalue weighted by Gasteiger charge is -2.11. The number of benzene rings is 2. The highest BCUT2D eigenvalue weighted by Crippen LogP contribution is 2.26. The average Bonchev–Trinajstić information content (AvgIpc) is 3.21. The third-order valence-corrected chi connectivity index (χ3v) is 5.90. The first kappa shape index (κ1) is 22.5. The van der Waals surface area contributed by atoms with Gasteiger partial charge < -0.3 is 9.88 Å². The van der Waals surface area contributed by atoms with E-state index in [4.69, 9.17) is 0 Å². The summed E-state index contributed by atoms with van der Waals surface area (Å²) in [6.07, 6.45) is 2.17. The van der Waals surface area contributed by atoms with E-state index in [1.54, 1.807) is 22.8 Å². The predicted octanol–water partition coefficient (Wildman–Crippen LogP) is 5.16. The highest BCUT2D eigenvalue weighted by Gasteiger charge is 2.14. The number of anilines is 1. The Morgan fingerprint density at radius 3 is 2.76 bits per heavy atom. The summed E-state index contributed by atoms with van der Waals surface area (Å²) in [6.45, 7) is 4.72. The van der Waals surface area contributed by atoms with Crippen LogP contribution in [-0.2, 0) is 13.0 Å². The number of carbonyl (C=O) groups is 1. The molecule has 0 amide bonds. The molecular formula is C25H22FN5OS. The van der Waals surface area contributed by atoms with Crippen LogP contribution in [0.3, 0.4) is 0 Å². The molecule has 6 nitrogen and oxygen atoms in total. The molecule has 0 aliphatic heterocycles. The number of aromatic nitrogens is 3. The van der Waals surface area contributed by atoms with E-state index in [-0.39, 0.29) is 10.9 Å². The van der Waals surface area contributed by atoms with E-state index >= 15 is 0 Å². The number of fused-ring (bicyclic) bond motifs is 1. The predicted molar refractivity (Wildman–Crippen MR) is 130 cm³/mol. The lowest BCUT2D eigenvalue weighted by Crippen LogP contribution is -2.13. The van der Waals surface area contributed by atoms with Gasteiger partial charge in [-0.2, -0.15) is 5.26 Å². The molecule has 0 fully saturated rings. The quantitative estimate of drug-likeness (QED) is 0.373. The summed E-state index contributed by atoms with van der Waals surface area (Å²) >= 11 is 3.94. The SMILES string of the molecule is CCc1cc(-c2cc(NCCn3c(C#N)cc4c(C)ccc(F)c43)ncn2)ccc1C(=O)S. The van der Waals surface area contributed by atoms with Crippen LogP contribution in [0.1, 0.15) is 34.1 Å². The molecule has 0 saturated heterocycles. The first-order valence-electron chi connectivity index (χ1n) is 10.5. The second-order valence-electron chi connectivity index (χ2n) is 7.67. The Balaban J connectivity index is 1.55. The summed E-state index contributed by atoms with van der Waals surface area (Å²) in [6, 6.07) is 14.4. The first-order valence-corrected chi connectivity index (χ1v) is 11.0. The molecule has 0 unspecified atom stereocenters. The zero-order valence-corrected chi connectivity index (χ0v) is 19.2. The molecule has 0 aliphatic rings. The smallest absolute Gasteiger partial charge is 0.216 e. The minimum atomic E-state index is -0.351. The van der Waals surface area contributed by atoms with E-state index in [1.165, 1.54) is 12.4 Å².